The average Bonchev–Trinajstić information content (AvgIpc) is 2.93. The Morgan fingerprint density at radius 1 is 1.35 bits per heavy atom. The molecule has 1 saturated carbocycles. The third-order valence-corrected chi connectivity index (χ3v) is 4.64. The lowest BCUT2D eigenvalue weighted by Gasteiger charge is -2.10. The minimum atomic E-state index is 0.389. The zero-order valence-electron chi connectivity index (χ0n) is 9.53. The number of fused-ring (bicyclic) bond motifs is 1. The maximum absolute atomic E-state index is 6.13. The van der Waals surface area contributed by atoms with Gasteiger partial charge < -0.3 is 5.32 Å². The van der Waals surface area contributed by atoms with Crippen molar-refractivity contribution in [1.29, 1.82) is 0 Å². The standard InChI is InChI=1S/C13H15ClN2S/c14-10-6-5-9(7-10)8-15-13-11-3-1-2-4-12(11)16-17-13/h1-4,9-10,15H,5-8H2. The highest BCUT2D eigenvalue weighted by molar-refractivity contribution is 7.11. The van der Waals surface area contributed by atoms with Crippen molar-refractivity contribution in [1.82, 2.24) is 4.37 Å². The summed E-state index contributed by atoms with van der Waals surface area (Å²) in [6.45, 7) is 1.02. The Morgan fingerprint density at radius 3 is 3.06 bits per heavy atom. The van der Waals surface area contributed by atoms with Crippen LogP contribution in [0.3, 0.4) is 0 Å². The van der Waals surface area contributed by atoms with Crippen LogP contribution in [-0.2, 0) is 0 Å². The molecule has 0 amide bonds. The summed E-state index contributed by atoms with van der Waals surface area (Å²) in [7, 11) is 0. The maximum Gasteiger partial charge on any atom is 0.117 e. The topological polar surface area (TPSA) is 24.9 Å². The number of aromatic nitrogens is 1. The first-order valence-corrected chi connectivity index (χ1v) is 7.26. The van der Waals surface area contributed by atoms with Crippen LogP contribution < -0.4 is 5.32 Å². The Morgan fingerprint density at radius 2 is 2.24 bits per heavy atom. The lowest BCUT2D eigenvalue weighted by molar-refractivity contribution is 0.581. The number of nitrogens with zero attached hydrogens (tertiary/aromatic N) is 1. The van der Waals surface area contributed by atoms with Gasteiger partial charge in [0, 0.05) is 17.3 Å². The Bertz CT molecular complexity index is 511. The van der Waals surface area contributed by atoms with Gasteiger partial charge in [-0.2, -0.15) is 4.37 Å². The molecule has 1 aromatic carbocycles. The van der Waals surface area contributed by atoms with Gasteiger partial charge in [-0.15, -0.1) is 11.6 Å². The molecule has 0 spiro atoms. The van der Waals surface area contributed by atoms with Crippen LogP contribution in [0, 0.1) is 5.92 Å². The van der Waals surface area contributed by atoms with Gasteiger partial charge in [0.1, 0.15) is 5.00 Å². The summed E-state index contributed by atoms with van der Waals surface area (Å²) in [6.07, 6.45) is 3.56. The molecule has 1 N–H and O–H groups in total. The van der Waals surface area contributed by atoms with Gasteiger partial charge in [-0.1, -0.05) is 12.1 Å². The lowest BCUT2D eigenvalue weighted by atomic mass is 10.1. The number of hydrogen-bond donors (Lipinski definition) is 1. The van der Waals surface area contributed by atoms with E-state index in [1.165, 1.54) is 16.8 Å². The van der Waals surface area contributed by atoms with E-state index in [1.807, 2.05) is 6.07 Å². The van der Waals surface area contributed by atoms with E-state index in [-0.39, 0.29) is 0 Å². The van der Waals surface area contributed by atoms with E-state index in [0.29, 0.717) is 5.38 Å². The van der Waals surface area contributed by atoms with Gasteiger partial charge in [0.2, 0.25) is 0 Å². The maximum atomic E-state index is 6.13. The molecule has 2 aromatic rings. The van der Waals surface area contributed by atoms with Crippen molar-refractivity contribution in [2.45, 2.75) is 24.6 Å². The summed E-state index contributed by atoms with van der Waals surface area (Å²) in [5, 5.41) is 6.34. The molecule has 0 aliphatic heterocycles. The summed E-state index contributed by atoms with van der Waals surface area (Å²) >= 11 is 7.68. The fourth-order valence-corrected chi connectivity index (χ4v) is 3.60. The van der Waals surface area contributed by atoms with E-state index in [1.54, 1.807) is 11.5 Å². The molecule has 1 aromatic heterocycles. The monoisotopic (exact) mass is 266 g/mol. The number of halogens is 1. The van der Waals surface area contributed by atoms with Crippen LogP contribution in [0.15, 0.2) is 24.3 Å². The van der Waals surface area contributed by atoms with Crippen molar-refractivity contribution in [2.75, 3.05) is 11.9 Å². The molecule has 2 nitrogen and oxygen atoms in total. The summed E-state index contributed by atoms with van der Waals surface area (Å²) in [5.41, 5.74) is 1.08. The molecule has 90 valence electrons. The first kappa shape index (κ1) is 11.3. The molecule has 1 aliphatic rings. The number of anilines is 1. The third-order valence-electron chi connectivity index (χ3n) is 3.41. The Labute approximate surface area is 110 Å². The summed E-state index contributed by atoms with van der Waals surface area (Å²) in [5.74, 6) is 0.721. The fourth-order valence-electron chi connectivity index (χ4n) is 2.45. The quantitative estimate of drug-likeness (QED) is 0.846. The van der Waals surface area contributed by atoms with Gasteiger partial charge in [0.05, 0.1) is 5.52 Å². The third kappa shape index (κ3) is 2.40. The number of rotatable bonds is 3. The molecule has 1 heterocycles. The van der Waals surface area contributed by atoms with Crippen LogP contribution >= 0.6 is 23.1 Å². The second-order valence-corrected chi connectivity index (χ2v) is 6.08. The SMILES string of the molecule is ClC1CCC(CNc2snc3ccccc23)C1. The van der Waals surface area contributed by atoms with Crippen molar-refractivity contribution in [3.8, 4) is 0 Å². The van der Waals surface area contributed by atoms with Crippen molar-refractivity contribution < 1.29 is 0 Å². The smallest absolute Gasteiger partial charge is 0.117 e. The predicted molar refractivity (Wildman–Crippen MR) is 75.1 cm³/mol. The number of alkyl halides is 1. The number of nitrogens with one attached hydrogen (secondary N) is 1. The molecule has 17 heavy (non-hydrogen) atoms. The minimum absolute atomic E-state index is 0.389. The number of benzene rings is 1. The molecule has 2 atom stereocenters. The molecule has 1 aliphatic carbocycles. The highest BCUT2D eigenvalue weighted by atomic mass is 35.5. The molecule has 4 heteroatoms. The average molecular weight is 267 g/mol. The summed E-state index contributed by atoms with van der Waals surface area (Å²) in [4.78, 5) is 0. The van der Waals surface area contributed by atoms with Crippen molar-refractivity contribution in [3.05, 3.63) is 24.3 Å². The highest BCUT2D eigenvalue weighted by Crippen LogP contribution is 2.32. The van der Waals surface area contributed by atoms with E-state index in [9.17, 15) is 0 Å². The van der Waals surface area contributed by atoms with Crippen molar-refractivity contribution in [3.63, 3.8) is 0 Å². The van der Waals surface area contributed by atoms with Gasteiger partial charge in [-0.3, -0.25) is 0 Å². The Hall–Kier alpha value is -0.800. The Kier molecular flexibility index (Phi) is 3.21. The first-order chi connectivity index (χ1) is 8.33. The van der Waals surface area contributed by atoms with Gasteiger partial charge in [0.15, 0.2) is 0 Å². The highest BCUT2D eigenvalue weighted by Gasteiger charge is 2.22. The predicted octanol–water partition coefficient (Wildman–Crippen LogP) is 4.12. The van der Waals surface area contributed by atoms with E-state index in [4.69, 9.17) is 11.6 Å². The molecular formula is C13H15ClN2S. The van der Waals surface area contributed by atoms with Gasteiger partial charge >= 0.3 is 0 Å². The molecule has 2 unspecified atom stereocenters. The minimum Gasteiger partial charge on any atom is -0.375 e. The summed E-state index contributed by atoms with van der Waals surface area (Å²) in [6, 6.07) is 8.27. The van der Waals surface area contributed by atoms with Crippen LogP contribution in [0.25, 0.3) is 10.9 Å². The molecule has 3 rings (SSSR count). The first-order valence-electron chi connectivity index (χ1n) is 6.05. The zero-order chi connectivity index (χ0) is 11.7. The molecule has 0 saturated heterocycles. The molecule has 0 bridgehead atoms. The van der Waals surface area contributed by atoms with Crippen LogP contribution in [0.2, 0.25) is 0 Å². The fraction of sp³-hybridized carbons (Fsp3) is 0.462. The van der Waals surface area contributed by atoms with Gasteiger partial charge in [-0.05, 0) is 48.8 Å². The second-order valence-electron chi connectivity index (χ2n) is 4.69. The lowest BCUT2D eigenvalue weighted by Crippen LogP contribution is -2.10. The molecule has 1 fully saturated rings. The second kappa shape index (κ2) is 4.83. The number of hydrogen-bond acceptors (Lipinski definition) is 3. The van der Waals surface area contributed by atoms with Crippen molar-refractivity contribution >= 4 is 39.0 Å². The van der Waals surface area contributed by atoms with E-state index >= 15 is 0 Å². The van der Waals surface area contributed by atoms with Crippen LogP contribution in [0.4, 0.5) is 5.00 Å². The normalized spacial score (nSPS) is 24.3. The largest absolute Gasteiger partial charge is 0.375 e. The van der Waals surface area contributed by atoms with Crippen LogP contribution in [0.1, 0.15) is 19.3 Å². The van der Waals surface area contributed by atoms with Crippen LogP contribution in [0.5, 0.6) is 0 Å². The van der Waals surface area contributed by atoms with E-state index in [0.717, 1.165) is 30.8 Å². The van der Waals surface area contributed by atoms with Gasteiger partial charge in [-0.25, -0.2) is 0 Å². The molecular weight excluding hydrogens is 252 g/mol. The van der Waals surface area contributed by atoms with E-state index < -0.39 is 0 Å². The van der Waals surface area contributed by atoms with Crippen molar-refractivity contribution in [2.24, 2.45) is 5.92 Å². The molecule has 0 radical (unpaired) electrons. The summed E-state index contributed by atoms with van der Waals surface area (Å²) < 4.78 is 4.43. The zero-order valence-corrected chi connectivity index (χ0v) is 11.1. The van der Waals surface area contributed by atoms with Crippen LogP contribution in [-0.4, -0.2) is 16.3 Å². The Balaban J connectivity index is 1.69. The van der Waals surface area contributed by atoms with E-state index in [2.05, 4.69) is 27.9 Å². The van der Waals surface area contributed by atoms with Gasteiger partial charge in [0.25, 0.3) is 0 Å².